The van der Waals surface area contributed by atoms with E-state index in [0.29, 0.717) is 12.5 Å². The third-order valence-corrected chi connectivity index (χ3v) is 4.43. The van der Waals surface area contributed by atoms with Gasteiger partial charge in [-0.1, -0.05) is 71.1 Å². The fourth-order valence-electron chi connectivity index (χ4n) is 3.13. The van der Waals surface area contributed by atoms with Gasteiger partial charge in [-0.15, -0.1) is 0 Å². The Morgan fingerprint density at radius 3 is 2.41 bits per heavy atom. The number of hydrogen-bond acceptors (Lipinski definition) is 1. The van der Waals surface area contributed by atoms with Gasteiger partial charge in [0.15, 0.2) is 0 Å². The Balaban J connectivity index is 2.04. The molecule has 1 aliphatic rings. The number of hydrogen-bond donors (Lipinski definition) is 1. The zero-order valence-corrected chi connectivity index (χ0v) is 11.8. The van der Waals surface area contributed by atoms with Crippen LogP contribution in [0.1, 0.15) is 84.0 Å². The topological polar surface area (TPSA) is 20.2 Å². The largest absolute Gasteiger partial charge is 0.396 e. The molecular weight excluding hydrogens is 208 g/mol. The second-order valence-electron chi connectivity index (χ2n) is 5.98. The van der Waals surface area contributed by atoms with E-state index in [1.54, 1.807) is 0 Å². The Bertz CT molecular complexity index is 161. The highest BCUT2D eigenvalue weighted by molar-refractivity contribution is 4.68. The number of aliphatic hydroxyl groups is 1. The van der Waals surface area contributed by atoms with Crippen LogP contribution in [-0.2, 0) is 0 Å². The standard InChI is InChI=1S/C16H32O/c1-2-3-4-6-11-16(14-17)13-12-15-9-7-5-8-10-15/h15-17H,2-14H2,1H3. The van der Waals surface area contributed by atoms with Crippen LogP contribution in [0.4, 0.5) is 0 Å². The van der Waals surface area contributed by atoms with Crippen LogP contribution in [0.15, 0.2) is 0 Å². The molecule has 1 atom stereocenters. The monoisotopic (exact) mass is 240 g/mol. The molecule has 0 aromatic heterocycles. The smallest absolute Gasteiger partial charge is 0.0459 e. The van der Waals surface area contributed by atoms with E-state index in [9.17, 15) is 5.11 Å². The van der Waals surface area contributed by atoms with Gasteiger partial charge in [0, 0.05) is 6.61 Å². The summed E-state index contributed by atoms with van der Waals surface area (Å²) in [5.74, 6) is 1.57. The molecule has 1 unspecified atom stereocenters. The molecule has 0 heterocycles. The van der Waals surface area contributed by atoms with Gasteiger partial charge in [-0.25, -0.2) is 0 Å². The van der Waals surface area contributed by atoms with Crippen molar-refractivity contribution in [3.05, 3.63) is 0 Å². The van der Waals surface area contributed by atoms with Gasteiger partial charge in [0.1, 0.15) is 0 Å². The summed E-state index contributed by atoms with van der Waals surface area (Å²) in [6.07, 6.45) is 16.5. The van der Waals surface area contributed by atoms with Crippen molar-refractivity contribution >= 4 is 0 Å². The van der Waals surface area contributed by atoms with Crippen molar-refractivity contribution in [3.8, 4) is 0 Å². The molecule has 1 heteroatoms. The van der Waals surface area contributed by atoms with Crippen molar-refractivity contribution in [1.29, 1.82) is 0 Å². The van der Waals surface area contributed by atoms with Gasteiger partial charge in [-0.05, 0) is 24.7 Å². The Labute approximate surface area is 108 Å². The lowest BCUT2D eigenvalue weighted by atomic mass is 9.83. The minimum atomic E-state index is 0.416. The van der Waals surface area contributed by atoms with E-state index in [2.05, 4.69) is 6.92 Å². The highest BCUT2D eigenvalue weighted by Crippen LogP contribution is 2.29. The second-order valence-corrected chi connectivity index (χ2v) is 5.98. The first kappa shape index (κ1) is 15.0. The highest BCUT2D eigenvalue weighted by Gasteiger charge is 2.15. The zero-order chi connectivity index (χ0) is 12.3. The fourth-order valence-corrected chi connectivity index (χ4v) is 3.13. The van der Waals surface area contributed by atoms with Crippen LogP contribution < -0.4 is 0 Å². The lowest BCUT2D eigenvalue weighted by molar-refractivity contribution is 0.193. The van der Waals surface area contributed by atoms with Crippen molar-refractivity contribution < 1.29 is 5.11 Å². The lowest BCUT2D eigenvalue weighted by Crippen LogP contribution is -2.11. The molecule has 1 saturated carbocycles. The van der Waals surface area contributed by atoms with Crippen LogP contribution in [0.2, 0.25) is 0 Å². The summed E-state index contributed by atoms with van der Waals surface area (Å²) in [5, 5.41) is 9.41. The minimum Gasteiger partial charge on any atom is -0.396 e. The molecule has 0 aromatic rings. The molecule has 1 N–H and O–H groups in total. The molecule has 0 aromatic carbocycles. The van der Waals surface area contributed by atoms with Crippen molar-refractivity contribution in [3.63, 3.8) is 0 Å². The van der Waals surface area contributed by atoms with Crippen LogP contribution in [0.25, 0.3) is 0 Å². The zero-order valence-electron chi connectivity index (χ0n) is 11.8. The Morgan fingerprint density at radius 1 is 1.00 bits per heavy atom. The summed E-state index contributed by atoms with van der Waals surface area (Å²) in [6, 6.07) is 0. The average Bonchev–Trinajstić information content (AvgIpc) is 2.39. The highest BCUT2D eigenvalue weighted by atomic mass is 16.3. The van der Waals surface area contributed by atoms with Crippen molar-refractivity contribution in [2.45, 2.75) is 84.0 Å². The maximum Gasteiger partial charge on any atom is 0.0459 e. The van der Waals surface area contributed by atoms with E-state index in [1.807, 2.05) is 0 Å². The summed E-state index contributed by atoms with van der Waals surface area (Å²) in [6.45, 7) is 2.67. The predicted molar refractivity (Wildman–Crippen MR) is 75.1 cm³/mol. The van der Waals surface area contributed by atoms with Gasteiger partial charge in [0.25, 0.3) is 0 Å². The molecular formula is C16H32O. The quantitative estimate of drug-likeness (QED) is 0.567. The molecule has 0 spiro atoms. The van der Waals surface area contributed by atoms with E-state index in [1.165, 1.54) is 77.0 Å². The van der Waals surface area contributed by atoms with E-state index in [-0.39, 0.29) is 0 Å². The van der Waals surface area contributed by atoms with E-state index in [0.717, 1.165) is 5.92 Å². The normalized spacial score (nSPS) is 19.4. The van der Waals surface area contributed by atoms with E-state index in [4.69, 9.17) is 0 Å². The SMILES string of the molecule is CCCCCCC(CO)CCC1CCCCC1. The predicted octanol–water partition coefficient (Wildman–Crippen LogP) is 4.93. The number of aliphatic hydroxyl groups excluding tert-OH is 1. The van der Waals surface area contributed by atoms with Gasteiger partial charge < -0.3 is 5.11 Å². The third kappa shape index (κ3) is 7.08. The summed E-state index contributed by atoms with van der Waals surface area (Å²) >= 11 is 0. The summed E-state index contributed by atoms with van der Waals surface area (Å²) < 4.78 is 0. The molecule has 1 fully saturated rings. The first-order valence-corrected chi connectivity index (χ1v) is 7.97. The van der Waals surface area contributed by atoms with Gasteiger partial charge >= 0.3 is 0 Å². The molecule has 0 radical (unpaired) electrons. The first-order valence-electron chi connectivity index (χ1n) is 7.97. The maximum atomic E-state index is 9.41. The molecule has 0 aliphatic heterocycles. The molecule has 1 rings (SSSR count). The third-order valence-electron chi connectivity index (χ3n) is 4.43. The fraction of sp³-hybridized carbons (Fsp3) is 1.00. The van der Waals surface area contributed by atoms with Crippen LogP contribution in [0.5, 0.6) is 0 Å². The number of unbranched alkanes of at least 4 members (excludes halogenated alkanes) is 3. The summed E-state index contributed by atoms with van der Waals surface area (Å²) in [5.41, 5.74) is 0. The van der Waals surface area contributed by atoms with Crippen LogP contribution in [0, 0.1) is 11.8 Å². The Hall–Kier alpha value is -0.0400. The molecule has 0 saturated heterocycles. The minimum absolute atomic E-state index is 0.416. The Kier molecular flexibility index (Phi) is 8.78. The van der Waals surface area contributed by atoms with E-state index < -0.39 is 0 Å². The van der Waals surface area contributed by atoms with Crippen molar-refractivity contribution in [1.82, 2.24) is 0 Å². The van der Waals surface area contributed by atoms with Crippen molar-refractivity contribution in [2.75, 3.05) is 6.61 Å². The maximum absolute atomic E-state index is 9.41. The summed E-state index contributed by atoms with van der Waals surface area (Å²) in [4.78, 5) is 0. The molecule has 1 aliphatic carbocycles. The first-order chi connectivity index (χ1) is 8.36. The van der Waals surface area contributed by atoms with Crippen LogP contribution in [0.3, 0.4) is 0 Å². The molecule has 1 nitrogen and oxygen atoms in total. The number of rotatable bonds is 9. The van der Waals surface area contributed by atoms with Gasteiger partial charge in [0.05, 0.1) is 0 Å². The van der Waals surface area contributed by atoms with Crippen LogP contribution in [-0.4, -0.2) is 11.7 Å². The molecule has 102 valence electrons. The lowest BCUT2D eigenvalue weighted by Gasteiger charge is -2.23. The Morgan fingerprint density at radius 2 is 1.76 bits per heavy atom. The van der Waals surface area contributed by atoms with Gasteiger partial charge in [-0.2, -0.15) is 0 Å². The average molecular weight is 240 g/mol. The van der Waals surface area contributed by atoms with Gasteiger partial charge in [0.2, 0.25) is 0 Å². The van der Waals surface area contributed by atoms with Crippen molar-refractivity contribution in [2.24, 2.45) is 11.8 Å². The summed E-state index contributed by atoms with van der Waals surface area (Å²) in [7, 11) is 0. The van der Waals surface area contributed by atoms with Crippen LogP contribution >= 0.6 is 0 Å². The molecule has 17 heavy (non-hydrogen) atoms. The van der Waals surface area contributed by atoms with E-state index >= 15 is 0 Å². The molecule has 0 amide bonds. The van der Waals surface area contributed by atoms with Gasteiger partial charge in [-0.3, -0.25) is 0 Å². The molecule has 0 bridgehead atoms. The second kappa shape index (κ2) is 9.94.